The van der Waals surface area contributed by atoms with E-state index in [0.717, 1.165) is 22.0 Å². The first-order valence-corrected chi connectivity index (χ1v) is 9.41. The lowest BCUT2D eigenvalue weighted by Crippen LogP contribution is -2.24. The van der Waals surface area contributed by atoms with Crippen molar-refractivity contribution in [3.63, 3.8) is 0 Å². The van der Waals surface area contributed by atoms with E-state index in [0.29, 0.717) is 13.2 Å². The molecule has 1 N–H and O–H groups in total. The van der Waals surface area contributed by atoms with Gasteiger partial charge in [0.1, 0.15) is 17.4 Å². The van der Waals surface area contributed by atoms with Crippen molar-refractivity contribution in [1.82, 2.24) is 10.3 Å². The average Bonchev–Trinajstić information content (AvgIpc) is 3.08. The number of thiazole rings is 1. The number of benzene rings is 2. The molecular weight excluding hydrogens is 344 g/mol. The van der Waals surface area contributed by atoms with E-state index in [2.05, 4.69) is 10.3 Å². The summed E-state index contributed by atoms with van der Waals surface area (Å²) in [5.74, 6) is 0.796. The van der Waals surface area contributed by atoms with E-state index in [1.807, 2.05) is 67.8 Å². The second-order valence-electron chi connectivity index (χ2n) is 6.27. The van der Waals surface area contributed by atoms with Crippen molar-refractivity contribution in [1.29, 1.82) is 0 Å². The summed E-state index contributed by atoms with van der Waals surface area (Å²) in [7, 11) is 0. The lowest BCUT2D eigenvalue weighted by Gasteiger charge is -2.05. The number of hydrogen-bond donors (Lipinski definition) is 1. The molecule has 4 nitrogen and oxygen atoms in total. The summed E-state index contributed by atoms with van der Waals surface area (Å²) in [6, 6.07) is 16.1. The molecular formula is C21H22N2O2S. The van der Waals surface area contributed by atoms with E-state index in [9.17, 15) is 4.79 Å². The fraction of sp³-hybridized carbons (Fsp3) is 0.238. The monoisotopic (exact) mass is 366 g/mol. The summed E-state index contributed by atoms with van der Waals surface area (Å²) >= 11 is 1.51. The van der Waals surface area contributed by atoms with Crippen LogP contribution in [-0.4, -0.2) is 10.9 Å². The van der Waals surface area contributed by atoms with Gasteiger partial charge in [0.15, 0.2) is 0 Å². The third-order valence-electron chi connectivity index (χ3n) is 3.93. The third-order valence-corrected chi connectivity index (χ3v) is 4.81. The first kappa shape index (κ1) is 18.1. The first-order valence-electron chi connectivity index (χ1n) is 8.53. The molecule has 134 valence electrons. The maximum atomic E-state index is 12.1. The van der Waals surface area contributed by atoms with E-state index in [1.54, 1.807) is 0 Å². The normalized spacial score (nSPS) is 10.5. The summed E-state index contributed by atoms with van der Waals surface area (Å²) in [5.41, 5.74) is 4.28. The molecule has 0 fully saturated rings. The van der Waals surface area contributed by atoms with Crippen molar-refractivity contribution >= 4 is 17.2 Å². The highest BCUT2D eigenvalue weighted by molar-refractivity contribution is 7.09. The zero-order valence-corrected chi connectivity index (χ0v) is 15.8. The van der Waals surface area contributed by atoms with Gasteiger partial charge < -0.3 is 10.1 Å². The predicted octanol–water partition coefficient (Wildman–Crippen LogP) is 4.20. The molecule has 1 amide bonds. The number of hydrogen-bond acceptors (Lipinski definition) is 4. The molecule has 0 unspecified atom stereocenters. The summed E-state index contributed by atoms with van der Waals surface area (Å²) in [6.45, 7) is 5.04. The number of aromatic nitrogens is 1. The largest absolute Gasteiger partial charge is 0.486 e. The molecule has 0 aliphatic heterocycles. The predicted molar refractivity (Wildman–Crippen MR) is 104 cm³/mol. The standard InChI is InChI=1S/C21H22N2O2S/c1-15-3-7-17(8-4-15)12-22-20(24)11-18-14-26-21(23-18)13-25-19-9-5-16(2)6-10-19/h3-10,14H,11-13H2,1-2H3,(H,22,24). The number of ether oxygens (including phenoxy) is 1. The van der Waals surface area contributed by atoms with Crippen LogP contribution in [0.1, 0.15) is 27.4 Å². The quantitative estimate of drug-likeness (QED) is 0.682. The van der Waals surface area contributed by atoms with Crippen LogP contribution in [-0.2, 0) is 24.4 Å². The number of rotatable bonds is 7. The van der Waals surface area contributed by atoms with Crippen LogP contribution in [0.4, 0.5) is 0 Å². The van der Waals surface area contributed by atoms with Crippen LogP contribution in [0.2, 0.25) is 0 Å². The molecule has 0 spiro atoms. The maximum Gasteiger partial charge on any atom is 0.226 e. The van der Waals surface area contributed by atoms with Crippen molar-refractivity contribution in [3.05, 3.63) is 81.3 Å². The third kappa shape index (κ3) is 5.43. The number of amides is 1. The van der Waals surface area contributed by atoms with Crippen molar-refractivity contribution in [3.8, 4) is 5.75 Å². The van der Waals surface area contributed by atoms with Gasteiger partial charge in [0.2, 0.25) is 5.91 Å². The summed E-state index contributed by atoms with van der Waals surface area (Å²) < 4.78 is 5.73. The maximum absolute atomic E-state index is 12.1. The molecule has 0 bridgehead atoms. The number of nitrogens with one attached hydrogen (secondary N) is 1. The topological polar surface area (TPSA) is 51.2 Å². The lowest BCUT2D eigenvalue weighted by atomic mass is 10.1. The molecule has 0 aliphatic rings. The van der Waals surface area contributed by atoms with Crippen molar-refractivity contribution in [2.45, 2.75) is 33.4 Å². The van der Waals surface area contributed by atoms with Gasteiger partial charge in [-0.25, -0.2) is 4.98 Å². The Morgan fingerprint density at radius 3 is 2.38 bits per heavy atom. The van der Waals surface area contributed by atoms with Gasteiger partial charge in [-0.1, -0.05) is 47.5 Å². The molecule has 1 aromatic heterocycles. The van der Waals surface area contributed by atoms with Gasteiger partial charge in [0.05, 0.1) is 12.1 Å². The highest BCUT2D eigenvalue weighted by Crippen LogP contribution is 2.16. The molecule has 0 saturated carbocycles. The van der Waals surface area contributed by atoms with Crippen LogP contribution >= 0.6 is 11.3 Å². The zero-order chi connectivity index (χ0) is 18.4. The first-order chi connectivity index (χ1) is 12.6. The van der Waals surface area contributed by atoms with E-state index in [-0.39, 0.29) is 12.3 Å². The molecule has 0 aliphatic carbocycles. The van der Waals surface area contributed by atoms with Crippen LogP contribution in [0.25, 0.3) is 0 Å². The fourth-order valence-corrected chi connectivity index (χ4v) is 3.11. The van der Waals surface area contributed by atoms with Crippen LogP contribution in [0.15, 0.2) is 53.9 Å². The Hall–Kier alpha value is -2.66. The Bertz CT molecular complexity index is 854. The molecule has 0 radical (unpaired) electrons. The molecule has 3 aromatic rings. The Morgan fingerprint density at radius 2 is 1.69 bits per heavy atom. The molecule has 0 saturated heterocycles. The number of carbonyl (C=O) groups is 1. The minimum absolute atomic E-state index is 0.0260. The molecule has 1 heterocycles. The van der Waals surface area contributed by atoms with Gasteiger partial charge >= 0.3 is 0 Å². The highest BCUT2D eigenvalue weighted by atomic mass is 32.1. The van der Waals surface area contributed by atoms with E-state index in [1.165, 1.54) is 22.5 Å². The molecule has 26 heavy (non-hydrogen) atoms. The smallest absolute Gasteiger partial charge is 0.226 e. The SMILES string of the molecule is Cc1ccc(CNC(=O)Cc2csc(COc3ccc(C)cc3)n2)cc1. The second-order valence-corrected chi connectivity index (χ2v) is 7.22. The fourth-order valence-electron chi connectivity index (χ4n) is 2.41. The van der Waals surface area contributed by atoms with E-state index in [4.69, 9.17) is 4.74 Å². The van der Waals surface area contributed by atoms with E-state index >= 15 is 0 Å². The molecule has 3 rings (SSSR count). The number of nitrogens with zero attached hydrogens (tertiary/aromatic N) is 1. The van der Waals surface area contributed by atoms with Gasteiger partial charge in [-0.2, -0.15) is 0 Å². The Kier molecular flexibility index (Phi) is 6.02. The average molecular weight is 366 g/mol. The Balaban J connectivity index is 1.45. The summed E-state index contributed by atoms with van der Waals surface area (Å²) in [4.78, 5) is 16.6. The van der Waals surface area contributed by atoms with Gasteiger partial charge in [0.25, 0.3) is 0 Å². The van der Waals surface area contributed by atoms with Gasteiger partial charge in [-0.15, -0.1) is 11.3 Å². The van der Waals surface area contributed by atoms with Crippen LogP contribution in [0.5, 0.6) is 5.75 Å². The summed E-state index contributed by atoms with van der Waals surface area (Å²) in [6.07, 6.45) is 0.285. The number of carbonyl (C=O) groups excluding carboxylic acids is 1. The van der Waals surface area contributed by atoms with Gasteiger partial charge in [0, 0.05) is 11.9 Å². The molecule has 5 heteroatoms. The molecule has 2 aromatic carbocycles. The zero-order valence-electron chi connectivity index (χ0n) is 15.0. The van der Waals surface area contributed by atoms with Crippen LogP contribution < -0.4 is 10.1 Å². The lowest BCUT2D eigenvalue weighted by molar-refractivity contribution is -0.120. The van der Waals surface area contributed by atoms with Crippen molar-refractivity contribution in [2.75, 3.05) is 0 Å². The van der Waals surface area contributed by atoms with Crippen molar-refractivity contribution in [2.24, 2.45) is 0 Å². The minimum atomic E-state index is -0.0260. The van der Waals surface area contributed by atoms with Crippen LogP contribution in [0, 0.1) is 13.8 Å². The second kappa shape index (κ2) is 8.63. The van der Waals surface area contributed by atoms with Gasteiger partial charge in [-0.05, 0) is 31.5 Å². The highest BCUT2D eigenvalue weighted by Gasteiger charge is 2.08. The Labute approximate surface area is 157 Å². The Morgan fingerprint density at radius 1 is 1.04 bits per heavy atom. The molecule has 0 atom stereocenters. The van der Waals surface area contributed by atoms with Crippen LogP contribution in [0.3, 0.4) is 0 Å². The van der Waals surface area contributed by atoms with Crippen molar-refractivity contribution < 1.29 is 9.53 Å². The minimum Gasteiger partial charge on any atom is -0.486 e. The summed E-state index contributed by atoms with van der Waals surface area (Å²) in [5, 5.41) is 5.72. The van der Waals surface area contributed by atoms with E-state index < -0.39 is 0 Å². The van der Waals surface area contributed by atoms with Gasteiger partial charge in [-0.3, -0.25) is 4.79 Å². The number of aryl methyl sites for hydroxylation is 2.